The van der Waals surface area contributed by atoms with Gasteiger partial charge in [-0.1, -0.05) is 0 Å². The van der Waals surface area contributed by atoms with E-state index < -0.39 is 0 Å². The summed E-state index contributed by atoms with van der Waals surface area (Å²) in [5, 5.41) is 24.0. The van der Waals surface area contributed by atoms with E-state index in [-0.39, 0.29) is 29.0 Å². The average Bonchev–Trinajstić information content (AvgIpc) is 3.49. The van der Waals surface area contributed by atoms with E-state index in [1.165, 1.54) is 9.14 Å². The Labute approximate surface area is 209 Å². The molecule has 0 aliphatic heterocycles. The zero-order valence-corrected chi connectivity index (χ0v) is 22.5. The normalized spacial score (nSPS) is 10.7. The van der Waals surface area contributed by atoms with E-state index in [0.717, 1.165) is 56.6 Å². The van der Waals surface area contributed by atoms with Crippen molar-refractivity contribution in [2.45, 2.75) is 12.8 Å². The maximum atomic E-state index is 5.19. The summed E-state index contributed by atoms with van der Waals surface area (Å²) in [5.41, 5.74) is 2.01. The topological polar surface area (TPSA) is 94.1 Å². The van der Waals surface area contributed by atoms with E-state index in [1.807, 2.05) is 60.3 Å². The summed E-state index contributed by atoms with van der Waals surface area (Å²) in [6.07, 6.45) is 1.95. The van der Waals surface area contributed by atoms with Crippen LogP contribution in [0.25, 0.3) is 0 Å². The van der Waals surface area contributed by atoms with Gasteiger partial charge in [-0.25, -0.2) is 0 Å². The number of benzene rings is 2. The van der Waals surface area contributed by atoms with Gasteiger partial charge in [0.05, 0.1) is 0 Å². The van der Waals surface area contributed by atoms with E-state index in [1.54, 1.807) is 14.2 Å². The Morgan fingerprint density at radius 3 is 1.48 bits per heavy atom. The Morgan fingerprint density at radius 1 is 0.667 bits per heavy atom. The van der Waals surface area contributed by atoms with Crippen LogP contribution in [0.3, 0.4) is 0 Å². The first-order valence-corrected chi connectivity index (χ1v) is 14.8. The van der Waals surface area contributed by atoms with Gasteiger partial charge in [0, 0.05) is 0 Å². The number of rotatable bonds is 12. The standard InChI is InChI=1S/C22H24N6O2SSe2/c1-29-17-7-3-15(4-8-17)23-21-27-25-19(32-21)11-13-31-14-12-20-26-28-22(33-20)24-16-5-9-18(30-2)10-6-16/h3-10H,11-14H2,1-2H3,(H,23,27)(H,24,28). The van der Waals surface area contributed by atoms with Crippen LogP contribution in [0.1, 0.15) is 9.14 Å². The van der Waals surface area contributed by atoms with Crippen molar-refractivity contribution < 1.29 is 9.47 Å². The molecule has 8 nitrogen and oxygen atoms in total. The predicted molar refractivity (Wildman–Crippen MR) is 135 cm³/mol. The van der Waals surface area contributed by atoms with Crippen molar-refractivity contribution in [1.82, 2.24) is 20.4 Å². The molecule has 0 saturated heterocycles. The molecule has 0 radical (unpaired) electrons. The van der Waals surface area contributed by atoms with Crippen molar-refractivity contribution in [2.75, 3.05) is 36.4 Å². The molecular formula is C22H24N6O2SSe2. The summed E-state index contributed by atoms with van der Waals surface area (Å²) >= 11 is 2.26. The molecule has 172 valence electrons. The number of aryl methyl sites for hydroxylation is 2. The molecule has 0 atom stereocenters. The van der Waals surface area contributed by atoms with Crippen molar-refractivity contribution in [3.8, 4) is 11.5 Å². The fourth-order valence-electron chi connectivity index (χ4n) is 2.83. The van der Waals surface area contributed by atoms with Crippen LogP contribution in [0.2, 0.25) is 0 Å². The Morgan fingerprint density at radius 2 is 1.09 bits per heavy atom. The minimum absolute atomic E-state index is 0.162. The molecule has 2 heterocycles. The van der Waals surface area contributed by atoms with Crippen molar-refractivity contribution in [3.63, 3.8) is 0 Å². The van der Waals surface area contributed by atoms with Crippen LogP contribution in [-0.2, 0) is 12.8 Å². The van der Waals surface area contributed by atoms with E-state index in [9.17, 15) is 0 Å². The maximum absolute atomic E-state index is 5.19. The van der Waals surface area contributed by atoms with Crippen LogP contribution in [0.15, 0.2) is 48.5 Å². The number of nitrogens with zero attached hydrogens (tertiary/aromatic N) is 4. The van der Waals surface area contributed by atoms with Gasteiger partial charge in [0.25, 0.3) is 0 Å². The number of ether oxygens (including phenoxy) is 2. The van der Waals surface area contributed by atoms with Gasteiger partial charge in [-0.05, 0) is 0 Å². The molecule has 0 amide bonds. The molecule has 0 aliphatic rings. The molecule has 0 saturated carbocycles. The van der Waals surface area contributed by atoms with Gasteiger partial charge in [0.15, 0.2) is 0 Å². The number of thioether (sulfide) groups is 1. The van der Waals surface area contributed by atoms with Crippen molar-refractivity contribution in [3.05, 3.63) is 57.7 Å². The summed E-state index contributed by atoms with van der Waals surface area (Å²) < 4.78 is 14.6. The molecule has 2 aromatic heterocycles. The van der Waals surface area contributed by atoms with Crippen molar-refractivity contribution >= 4 is 61.5 Å². The second-order valence-corrected chi connectivity index (χ2v) is 12.5. The number of aromatic nitrogens is 4. The predicted octanol–water partition coefficient (Wildman–Crippen LogP) is 3.40. The van der Waals surface area contributed by atoms with Crippen LogP contribution in [-0.4, -0.2) is 75.1 Å². The summed E-state index contributed by atoms with van der Waals surface area (Å²) in [6.45, 7) is 0. The summed E-state index contributed by atoms with van der Waals surface area (Å²) in [6, 6.07) is 15.7. The molecule has 4 aromatic rings. The number of hydrogen-bond donors (Lipinski definition) is 2. The van der Waals surface area contributed by atoms with Gasteiger partial charge in [-0.2, -0.15) is 0 Å². The number of methoxy groups -OCH3 is 2. The number of hydrogen-bond acceptors (Lipinski definition) is 9. The van der Waals surface area contributed by atoms with Crippen LogP contribution in [0, 0.1) is 0 Å². The molecule has 0 unspecified atom stereocenters. The molecular weight excluding hydrogens is 570 g/mol. The van der Waals surface area contributed by atoms with Crippen LogP contribution in [0.5, 0.6) is 11.5 Å². The van der Waals surface area contributed by atoms with E-state index in [2.05, 4.69) is 31.0 Å². The van der Waals surface area contributed by atoms with Crippen LogP contribution < -0.4 is 20.1 Å². The third kappa shape index (κ3) is 7.35. The van der Waals surface area contributed by atoms with E-state index in [4.69, 9.17) is 9.47 Å². The second kappa shape index (κ2) is 12.2. The quantitative estimate of drug-likeness (QED) is 0.189. The van der Waals surface area contributed by atoms with Gasteiger partial charge in [-0.15, -0.1) is 0 Å². The third-order valence-corrected chi connectivity index (χ3v) is 9.29. The zero-order chi connectivity index (χ0) is 22.9. The molecule has 2 aromatic carbocycles. The first-order chi connectivity index (χ1) is 16.2. The molecule has 0 bridgehead atoms. The van der Waals surface area contributed by atoms with Gasteiger partial charge in [0.2, 0.25) is 0 Å². The molecule has 0 spiro atoms. The molecule has 0 fully saturated rings. The molecule has 4 rings (SSSR count). The Bertz CT molecular complexity index is 1040. The zero-order valence-electron chi connectivity index (χ0n) is 18.3. The summed E-state index contributed by atoms with van der Waals surface area (Å²) in [5.74, 6) is 3.78. The first-order valence-electron chi connectivity index (χ1n) is 10.3. The van der Waals surface area contributed by atoms with Gasteiger partial charge in [-0.3, -0.25) is 0 Å². The Hall–Kier alpha value is -2.29. The van der Waals surface area contributed by atoms with Gasteiger partial charge in [0.1, 0.15) is 0 Å². The number of anilines is 4. The molecule has 11 heteroatoms. The molecule has 0 aliphatic carbocycles. The Balaban J connectivity index is 1.15. The molecule has 33 heavy (non-hydrogen) atoms. The van der Waals surface area contributed by atoms with E-state index in [0.29, 0.717) is 0 Å². The van der Waals surface area contributed by atoms with Gasteiger partial charge < -0.3 is 0 Å². The minimum atomic E-state index is 0.162. The first kappa shape index (κ1) is 23.9. The average molecular weight is 594 g/mol. The Kier molecular flexibility index (Phi) is 8.85. The summed E-state index contributed by atoms with van der Waals surface area (Å²) in [4.78, 5) is 0. The SMILES string of the molecule is COc1ccc(Nc2nnc(CCSCCc3nnc(Nc4ccc(OC)cc4)[se]3)[se]2)cc1. The fourth-order valence-corrected chi connectivity index (χ4v) is 7.48. The van der Waals surface area contributed by atoms with Crippen molar-refractivity contribution in [2.24, 2.45) is 0 Å². The van der Waals surface area contributed by atoms with Crippen LogP contribution >= 0.6 is 11.8 Å². The monoisotopic (exact) mass is 596 g/mol. The molecule has 2 N–H and O–H groups in total. The second-order valence-electron chi connectivity index (χ2n) is 6.82. The fraction of sp³-hybridized carbons (Fsp3) is 0.273. The van der Waals surface area contributed by atoms with Gasteiger partial charge >= 0.3 is 210 Å². The van der Waals surface area contributed by atoms with Crippen LogP contribution in [0.4, 0.5) is 20.8 Å². The van der Waals surface area contributed by atoms with E-state index >= 15 is 0 Å². The third-order valence-electron chi connectivity index (χ3n) is 4.54. The van der Waals surface area contributed by atoms with Crippen molar-refractivity contribution in [1.29, 1.82) is 0 Å². The number of nitrogens with one attached hydrogen (secondary N) is 2. The summed E-state index contributed by atoms with van der Waals surface area (Å²) in [7, 11) is 3.33.